The fourth-order valence-corrected chi connectivity index (χ4v) is 6.60. The SMILES string of the molecule is [2H]Oc1cccc(C(CN([2H])C([2H])([2H])[2H])O[2H])c1.[2H]Oc1cccc(C(O[2H])C([2H])([2H])N([2H])C([2H])([2H])[2H])c1.[2H]Oc1cccc(C([2H])(CN([2H])C([2H])([2H])[2H])O[2H])c1.[2H]Oc1cccc(C([2H])(O[2H])C([2H])([2H])N([2H])C([2H])([2H])[2H])c1.[2H]Oc1cccc([C@@H](O[2H])C([2H])([2H])N([2H])C([2H])([2H])[2H])c1.[2H]Oc1cccc([C@@]([2H])(O[2H])C([2H])([2H])N([2H])C([2H])([2H])[2H])c1.[2H]Oc1cccc([C@H](CN([2H])C([2H])([2H])[2H])O[2H])c1.[2H]Oc1cccc([C@]([2H])(CN([2H])C([2H])([2H])[2H])O[2H])c1. The monoisotopic (exact) mass is 1400 g/mol. The van der Waals surface area contributed by atoms with Gasteiger partial charge in [0.05, 0.1) is 54.2 Å². The van der Waals surface area contributed by atoms with E-state index in [1.807, 2.05) is 0 Å². The zero-order valence-electron chi connectivity index (χ0n) is 110. The summed E-state index contributed by atoms with van der Waals surface area (Å²) in [6.45, 7) is -36.7. The fraction of sp³-hybridized carbons (Fsp3) is 0.333. The fourth-order valence-electron chi connectivity index (χ4n) is 6.60. The third-order valence-electron chi connectivity index (χ3n) is 10.9. The number of rotatable bonds is 40. The molecule has 4 unspecified atom stereocenters. The highest BCUT2D eigenvalue weighted by molar-refractivity contribution is 5.34. The lowest BCUT2D eigenvalue weighted by molar-refractivity contribution is 0.177. The minimum Gasteiger partial charge on any atom is -0.508 e. The number of hydrogen-bond donors (Lipinski definition) is 24. The second-order valence-corrected chi connectivity index (χ2v) is 17.9. The highest BCUT2D eigenvalue weighted by atomic mass is 16.3. The third kappa shape index (κ3) is 37.6. The van der Waals surface area contributed by atoms with E-state index in [1.54, 1.807) is 36.4 Å². The van der Waals surface area contributed by atoms with Crippen LogP contribution >= 0.6 is 0 Å². The Hall–Kier alpha value is -8.48. The molecule has 8 aromatic rings. The number of aliphatic hydroxyl groups excluding tert-OH is 4. The van der Waals surface area contributed by atoms with Gasteiger partial charge in [0.2, 0.25) is 11.4 Å². The second kappa shape index (κ2) is 50.9. The summed E-state index contributed by atoms with van der Waals surface area (Å²) >= 11 is 0. The molecule has 0 aliphatic rings. The highest BCUT2D eigenvalue weighted by Crippen LogP contribution is 2.23. The molecule has 8 aromatic carbocycles. The number of hydrogen-bond acceptors (Lipinski definition) is 24. The van der Waals surface area contributed by atoms with Crippen LogP contribution in [0.15, 0.2) is 194 Å². The average Bonchev–Trinajstić information content (AvgIpc) is 0.749. The first-order chi connectivity index (χ1) is 71.5. The lowest BCUT2D eigenvalue weighted by Gasteiger charge is -2.09. The molecule has 96 heavy (non-hydrogen) atoms. The average molecular weight is 1400 g/mol. The quantitative estimate of drug-likeness (QED) is 0.0236. The van der Waals surface area contributed by atoms with Gasteiger partial charge in [0.15, 0.2) is 0 Å². The van der Waals surface area contributed by atoms with Crippen LogP contribution in [-0.2, 0) is 0 Å². The number of phenolic OH excluding ortho intramolecular Hbond substituents is 8. The van der Waals surface area contributed by atoms with Crippen LogP contribution in [0.25, 0.3) is 0 Å². The summed E-state index contributed by atoms with van der Waals surface area (Å²) in [6, 6.07) is 44.5. The standard InChI is InChI=1S/8C9H13NO2/c8*1-10-6-9(12)7-3-2-4-8(11)5-7/h8*2-5,9-12H,6H2,1H3/t4*9-;;;;/m0000..../s1/i1D3,6D2,9D,12D;1D3,9D,12D;1D3,6D2,12D;1D3,12D;1D3,6D2,9D,12D;1D3,9D,12D;1D3,6D2,12D;1D3,12D/hD16. The van der Waals surface area contributed by atoms with Crippen molar-refractivity contribution in [3.05, 3.63) is 239 Å². The number of aromatic hydroxyl groups is 8. The first-order valence-corrected chi connectivity index (χ1v) is 26.7. The van der Waals surface area contributed by atoms with E-state index in [4.69, 9.17) is 83.5 Å². The van der Waals surface area contributed by atoms with Crippen LogP contribution in [0.4, 0.5) is 0 Å². The highest BCUT2D eigenvalue weighted by Gasteiger charge is 2.12. The lowest BCUT2D eigenvalue weighted by Crippen LogP contribution is -2.16. The van der Waals surface area contributed by atoms with Crippen LogP contribution in [0.2, 0.25) is 11.3 Å². The molecule has 0 aliphatic carbocycles. The Balaban J connectivity index is 0.000000892. The Morgan fingerprint density at radius 3 is 0.729 bits per heavy atom. The van der Waals surface area contributed by atoms with Crippen molar-refractivity contribution >= 4 is 0 Å². The Morgan fingerprint density at radius 1 is 0.271 bits per heavy atom. The van der Waals surface area contributed by atoms with Crippen molar-refractivity contribution < 1.29 is 142 Å². The summed E-state index contributed by atoms with van der Waals surface area (Å²) in [5.41, 5.74) is 0.796. The van der Waals surface area contributed by atoms with Gasteiger partial charge in [-0.1, -0.05) is 97.1 Å². The molecule has 0 amide bonds. The molecule has 0 saturated carbocycles. The molecule has 24 heteroatoms. The van der Waals surface area contributed by atoms with E-state index in [9.17, 15) is 0 Å². The largest absolute Gasteiger partial charge is 0.508 e. The van der Waals surface area contributed by atoms with Crippen LogP contribution in [0.1, 0.15) is 143 Å². The summed E-state index contributed by atoms with van der Waals surface area (Å²) in [6.07, 6.45) is -14.9. The van der Waals surface area contributed by atoms with Crippen molar-refractivity contribution in [2.24, 2.45) is 0 Å². The molecular weight excluding hydrogens is 1230 g/mol. The van der Waals surface area contributed by atoms with Crippen molar-refractivity contribution in [2.45, 2.75) is 48.7 Å². The molecule has 0 fully saturated rings. The maximum atomic E-state index is 7.98. The van der Waals surface area contributed by atoms with Crippen molar-refractivity contribution in [1.29, 1.82) is 22.9 Å². The van der Waals surface area contributed by atoms with Crippen molar-refractivity contribution in [1.82, 2.24) is 42.5 Å². The molecular formula is C72H104N8O16. The Labute approximate surface area is 650 Å². The van der Waals surface area contributed by atoms with Gasteiger partial charge in [0.1, 0.15) is 57.3 Å². The molecule has 528 valence electrons. The number of aliphatic hydroxyl groups is 8. The van der Waals surface area contributed by atoms with Crippen LogP contribution in [-0.4, -0.2) is 213 Å². The predicted molar refractivity (Wildman–Crippen MR) is 376 cm³/mol. The summed E-state index contributed by atoms with van der Waals surface area (Å²) in [5, 5.41) is 67.9. The van der Waals surface area contributed by atoms with Gasteiger partial charge in [-0.05, 0) is 197 Å². The van der Waals surface area contributed by atoms with Gasteiger partial charge in [-0.15, -0.1) is 0 Å². The minimum atomic E-state index is -3.18. The summed E-state index contributed by atoms with van der Waals surface area (Å²) in [4.78, 5) is 0. The molecule has 24 nitrogen and oxygen atoms in total. The normalized spacial score (nSPS) is 24.8. The zero-order chi connectivity index (χ0) is 121. The summed E-state index contributed by atoms with van der Waals surface area (Å²) < 4.78 is 432. The molecule has 0 saturated heterocycles. The van der Waals surface area contributed by atoms with Crippen LogP contribution in [0, 0.1) is 0 Å². The summed E-state index contributed by atoms with van der Waals surface area (Å²) in [5.74, 6) is 0.786. The van der Waals surface area contributed by atoms with Gasteiger partial charge in [-0.2, -0.15) is 0 Å². The molecule has 0 spiro atoms. The van der Waals surface area contributed by atoms with Crippen molar-refractivity contribution in [3.8, 4) is 46.0 Å². The van der Waals surface area contributed by atoms with Gasteiger partial charge in [-0.3, -0.25) is 0 Å². The molecule has 8 rings (SSSR count). The Morgan fingerprint density at radius 2 is 0.490 bits per heavy atom. The number of nitrogens with one attached hydrogen (secondary N) is 8. The first-order valence-electron chi connectivity index (χ1n) is 54.8. The molecule has 0 heterocycles. The zero-order valence-corrected chi connectivity index (χ0v) is 49.7. The van der Waals surface area contributed by atoms with Gasteiger partial charge in [-0.25, -0.2) is 0 Å². The van der Waals surface area contributed by atoms with Crippen LogP contribution < -0.4 is 42.5 Å². The van der Waals surface area contributed by atoms with Gasteiger partial charge >= 0.3 is 0 Å². The minimum absolute atomic E-state index is 0.0533. The van der Waals surface area contributed by atoms with E-state index in [-0.39, 0.29) is 114 Å². The van der Waals surface area contributed by atoms with Crippen LogP contribution in [0.5, 0.6) is 46.0 Å². The maximum Gasteiger partial charge on any atom is 0.293 e. The molecule has 24 N–H and O–H groups in total. The van der Waals surface area contributed by atoms with E-state index in [0.29, 0.717) is 21.7 Å². The molecule has 0 radical (unpaired) electrons. The van der Waals surface area contributed by atoms with Gasteiger partial charge in [0.25, 0.3) is 11.4 Å². The predicted octanol–water partition coefficient (Wildman–Crippen LogP) is 5.16. The molecule has 0 bridgehead atoms. The van der Waals surface area contributed by atoms with E-state index in [2.05, 4.69) is 81.7 Å². The van der Waals surface area contributed by atoms with Gasteiger partial charge in [0, 0.05) is 96.0 Å². The van der Waals surface area contributed by atoms with E-state index < -0.39 is 154 Å². The Kier molecular flexibility index (Phi) is 16.0. The second-order valence-electron chi connectivity index (χ2n) is 17.9. The van der Waals surface area contributed by atoms with E-state index in [0.717, 1.165) is 12.1 Å². The molecule has 0 aliphatic heterocycles. The van der Waals surface area contributed by atoms with E-state index in [1.165, 1.54) is 146 Å². The number of benzene rings is 8. The van der Waals surface area contributed by atoms with Gasteiger partial charge < -0.3 is 124 Å². The van der Waals surface area contributed by atoms with Crippen molar-refractivity contribution in [2.75, 3.05) is 108 Å². The van der Waals surface area contributed by atoms with Crippen molar-refractivity contribution in [3.63, 3.8) is 0 Å². The third-order valence-corrected chi connectivity index (χ3v) is 10.9. The van der Waals surface area contributed by atoms with E-state index >= 15 is 0 Å². The van der Waals surface area contributed by atoms with Crippen LogP contribution in [0.3, 0.4) is 0 Å². The maximum absolute atomic E-state index is 7.98. The summed E-state index contributed by atoms with van der Waals surface area (Å²) in [7, 11) is 0. The Bertz CT molecular complexity index is 5150. The smallest absolute Gasteiger partial charge is 0.293 e. The first kappa shape index (κ1) is 30.1. The number of phenols is 8. The molecule has 8 atom stereocenters. The lowest BCUT2D eigenvalue weighted by atomic mass is 10.1. The molecule has 0 aromatic heterocycles. The number of likely N-dealkylation sites (N-methyl/N-ethyl adjacent to an activating group) is 8. The topological polar surface area (TPSA) is 420 Å².